The second-order valence-corrected chi connectivity index (χ2v) is 6.40. The minimum Gasteiger partial charge on any atom is -0.388 e. The molecule has 1 unspecified atom stereocenters. The average molecular weight is 366 g/mol. The third kappa shape index (κ3) is 3.57. The van der Waals surface area contributed by atoms with Crippen LogP contribution in [0.3, 0.4) is 0 Å². The van der Waals surface area contributed by atoms with Gasteiger partial charge in [0.25, 0.3) is 0 Å². The van der Waals surface area contributed by atoms with Crippen LogP contribution in [-0.4, -0.2) is 5.11 Å². The van der Waals surface area contributed by atoms with Gasteiger partial charge >= 0.3 is 0 Å². The van der Waals surface area contributed by atoms with Gasteiger partial charge < -0.3 is 5.11 Å². The van der Waals surface area contributed by atoms with Crippen molar-refractivity contribution in [2.24, 2.45) is 0 Å². The SMILES string of the molecule is Cc1cc(C)c(CC(O)c2cccc(I)c2)c(C)c1. The van der Waals surface area contributed by atoms with Crippen LogP contribution in [0.25, 0.3) is 0 Å². The molecule has 19 heavy (non-hydrogen) atoms. The summed E-state index contributed by atoms with van der Waals surface area (Å²) >= 11 is 2.28. The van der Waals surface area contributed by atoms with Crippen molar-refractivity contribution < 1.29 is 5.11 Å². The first-order valence-corrected chi connectivity index (χ1v) is 7.55. The second kappa shape index (κ2) is 6.06. The van der Waals surface area contributed by atoms with Gasteiger partial charge in [-0.3, -0.25) is 0 Å². The first-order valence-electron chi connectivity index (χ1n) is 6.47. The fourth-order valence-corrected chi connectivity index (χ4v) is 3.12. The predicted molar refractivity (Wildman–Crippen MR) is 88.5 cm³/mol. The van der Waals surface area contributed by atoms with Crippen molar-refractivity contribution in [1.29, 1.82) is 0 Å². The van der Waals surface area contributed by atoms with Gasteiger partial charge in [0.2, 0.25) is 0 Å². The van der Waals surface area contributed by atoms with Gasteiger partial charge in [-0.1, -0.05) is 29.8 Å². The molecule has 1 nitrogen and oxygen atoms in total. The van der Waals surface area contributed by atoms with Crippen molar-refractivity contribution in [3.8, 4) is 0 Å². The van der Waals surface area contributed by atoms with E-state index in [1.807, 2.05) is 24.3 Å². The van der Waals surface area contributed by atoms with Crippen molar-refractivity contribution in [2.45, 2.75) is 33.3 Å². The molecule has 0 heterocycles. The van der Waals surface area contributed by atoms with Gasteiger partial charge in [-0.05, 0) is 77.7 Å². The lowest BCUT2D eigenvalue weighted by atomic mass is 9.93. The van der Waals surface area contributed by atoms with Crippen LogP contribution in [0, 0.1) is 24.3 Å². The quantitative estimate of drug-likeness (QED) is 0.794. The molecule has 1 N–H and O–H groups in total. The highest BCUT2D eigenvalue weighted by Gasteiger charge is 2.12. The minimum atomic E-state index is -0.435. The molecule has 0 radical (unpaired) electrons. The first kappa shape index (κ1) is 14.5. The van der Waals surface area contributed by atoms with Gasteiger partial charge in [0.15, 0.2) is 0 Å². The van der Waals surface area contributed by atoms with Gasteiger partial charge in [0.05, 0.1) is 6.10 Å². The molecule has 0 amide bonds. The number of halogens is 1. The van der Waals surface area contributed by atoms with Crippen molar-refractivity contribution in [3.63, 3.8) is 0 Å². The van der Waals surface area contributed by atoms with E-state index >= 15 is 0 Å². The molecule has 2 aromatic carbocycles. The Balaban J connectivity index is 2.26. The monoisotopic (exact) mass is 366 g/mol. The van der Waals surface area contributed by atoms with Crippen LogP contribution in [0.2, 0.25) is 0 Å². The highest BCUT2D eigenvalue weighted by atomic mass is 127. The molecule has 0 aliphatic rings. The summed E-state index contributed by atoms with van der Waals surface area (Å²) in [7, 11) is 0. The Hall–Kier alpha value is -0.870. The molecule has 0 aliphatic carbocycles. The van der Waals surface area contributed by atoms with Crippen LogP contribution >= 0.6 is 22.6 Å². The third-order valence-corrected chi connectivity index (χ3v) is 4.14. The van der Waals surface area contributed by atoms with Gasteiger partial charge in [0.1, 0.15) is 0 Å². The van der Waals surface area contributed by atoms with E-state index in [0.717, 1.165) is 9.13 Å². The molecule has 100 valence electrons. The van der Waals surface area contributed by atoms with E-state index in [4.69, 9.17) is 0 Å². The van der Waals surface area contributed by atoms with Crippen LogP contribution in [0.5, 0.6) is 0 Å². The maximum Gasteiger partial charge on any atom is 0.0830 e. The van der Waals surface area contributed by atoms with Crippen LogP contribution in [0.1, 0.15) is 33.9 Å². The maximum atomic E-state index is 10.4. The number of aryl methyl sites for hydroxylation is 3. The molecule has 0 aliphatic heterocycles. The molecule has 0 spiro atoms. The molecule has 0 saturated carbocycles. The fraction of sp³-hybridized carbons (Fsp3) is 0.294. The predicted octanol–water partition coefficient (Wildman–Crippen LogP) is 4.49. The number of aliphatic hydroxyl groups excluding tert-OH is 1. The van der Waals surface area contributed by atoms with Crippen molar-refractivity contribution in [1.82, 2.24) is 0 Å². The molecule has 0 saturated heterocycles. The van der Waals surface area contributed by atoms with Gasteiger partial charge in [-0.25, -0.2) is 0 Å². The summed E-state index contributed by atoms with van der Waals surface area (Å²) in [5.74, 6) is 0. The third-order valence-electron chi connectivity index (χ3n) is 3.47. The van der Waals surface area contributed by atoms with Gasteiger partial charge in [0, 0.05) is 9.99 Å². The highest BCUT2D eigenvalue weighted by Crippen LogP contribution is 2.24. The van der Waals surface area contributed by atoms with E-state index in [9.17, 15) is 5.11 Å². The van der Waals surface area contributed by atoms with E-state index in [-0.39, 0.29) is 0 Å². The van der Waals surface area contributed by atoms with Gasteiger partial charge in [-0.2, -0.15) is 0 Å². The summed E-state index contributed by atoms with van der Waals surface area (Å²) in [6.07, 6.45) is 0.243. The van der Waals surface area contributed by atoms with E-state index in [2.05, 4.69) is 55.5 Å². The molecule has 2 rings (SSSR count). The number of benzene rings is 2. The maximum absolute atomic E-state index is 10.4. The Labute approximate surface area is 128 Å². The number of rotatable bonds is 3. The van der Waals surface area contributed by atoms with Gasteiger partial charge in [-0.15, -0.1) is 0 Å². The summed E-state index contributed by atoms with van der Waals surface area (Å²) < 4.78 is 1.16. The van der Waals surface area contributed by atoms with Crippen molar-refractivity contribution in [2.75, 3.05) is 0 Å². The molecule has 0 aromatic heterocycles. The zero-order chi connectivity index (χ0) is 14.0. The zero-order valence-corrected chi connectivity index (χ0v) is 13.7. The van der Waals surface area contributed by atoms with Crippen molar-refractivity contribution >= 4 is 22.6 Å². The normalized spacial score (nSPS) is 12.5. The summed E-state index contributed by atoms with van der Waals surface area (Å²) in [5, 5.41) is 10.4. The van der Waals surface area contributed by atoms with E-state index in [1.54, 1.807) is 0 Å². The lowest BCUT2D eigenvalue weighted by Crippen LogP contribution is -2.05. The zero-order valence-electron chi connectivity index (χ0n) is 11.6. The molecule has 1 atom stereocenters. The van der Waals surface area contributed by atoms with Crippen LogP contribution in [0.15, 0.2) is 36.4 Å². The highest BCUT2D eigenvalue weighted by molar-refractivity contribution is 14.1. The van der Waals surface area contributed by atoms with E-state index in [0.29, 0.717) is 6.42 Å². The standard InChI is InChI=1S/C17H19IO/c1-11-7-12(2)16(13(3)8-11)10-17(19)14-5-4-6-15(18)9-14/h4-9,17,19H,10H2,1-3H3. The summed E-state index contributed by atoms with van der Waals surface area (Å²) in [4.78, 5) is 0. The Morgan fingerprint density at radius 2 is 1.68 bits per heavy atom. The Morgan fingerprint density at radius 3 is 2.26 bits per heavy atom. The Bertz CT molecular complexity index is 567. The first-order chi connectivity index (χ1) is 8.97. The van der Waals surface area contributed by atoms with Crippen LogP contribution in [0.4, 0.5) is 0 Å². The van der Waals surface area contributed by atoms with E-state index in [1.165, 1.54) is 22.3 Å². The van der Waals surface area contributed by atoms with Crippen molar-refractivity contribution in [3.05, 3.63) is 67.8 Å². The Kier molecular flexibility index (Phi) is 4.63. The number of aliphatic hydroxyl groups is 1. The largest absolute Gasteiger partial charge is 0.388 e. The lowest BCUT2D eigenvalue weighted by molar-refractivity contribution is 0.178. The fourth-order valence-electron chi connectivity index (χ4n) is 2.56. The number of hydrogen-bond donors (Lipinski definition) is 1. The molecule has 2 heteroatoms. The van der Waals surface area contributed by atoms with E-state index < -0.39 is 6.10 Å². The molecular formula is C17H19IO. The summed E-state index contributed by atoms with van der Waals surface area (Å²) in [6, 6.07) is 12.4. The Morgan fingerprint density at radius 1 is 1.05 bits per heavy atom. The lowest BCUT2D eigenvalue weighted by Gasteiger charge is -2.16. The second-order valence-electron chi connectivity index (χ2n) is 5.15. The van der Waals surface area contributed by atoms with Crippen LogP contribution in [-0.2, 0) is 6.42 Å². The average Bonchev–Trinajstić information content (AvgIpc) is 2.33. The summed E-state index contributed by atoms with van der Waals surface area (Å²) in [5.41, 5.74) is 6.06. The minimum absolute atomic E-state index is 0.435. The molecular weight excluding hydrogens is 347 g/mol. The van der Waals surface area contributed by atoms with Crippen LogP contribution < -0.4 is 0 Å². The smallest absolute Gasteiger partial charge is 0.0830 e. The molecule has 2 aromatic rings. The number of hydrogen-bond acceptors (Lipinski definition) is 1. The topological polar surface area (TPSA) is 20.2 Å². The molecule has 0 fully saturated rings. The molecule has 0 bridgehead atoms. The summed E-state index contributed by atoms with van der Waals surface area (Å²) in [6.45, 7) is 6.35.